The monoisotopic (exact) mass is 321 g/mol. The predicted octanol–water partition coefficient (Wildman–Crippen LogP) is 3.96. The average Bonchev–Trinajstić information content (AvgIpc) is 2.33. The standard InChI is InChI=1S/C13H8INO/c14-12-8-10(9-15)6-7-13(12)16-11-4-2-1-3-5-11/h1-8H. The fraction of sp³-hybridized carbons (Fsp3) is 0. The number of hydrogen-bond donors (Lipinski definition) is 0. The maximum Gasteiger partial charge on any atom is 0.140 e. The third-order valence-electron chi connectivity index (χ3n) is 2.03. The summed E-state index contributed by atoms with van der Waals surface area (Å²) in [4.78, 5) is 0. The number of para-hydroxylation sites is 1. The molecule has 3 heteroatoms. The molecule has 0 saturated heterocycles. The van der Waals surface area contributed by atoms with E-state index >= 15 is 0 Å². The van der Waals surface area contributed by atoms with Crippen molar-refractivity contribution in [2.45, 2.75) is 0 Å². The zero-order chi connectivity index (χ0) is 11.4. The lowest BCUT2D eigenvalue weighted by molar-refractivity contribution is 0.479. The minimum atomic E-state index is 0.643. The highest BCUT2D eigenvalue weighted by Gasteiger charge is 2.03. The summed E-state index contributed by atoms with van der Waals surface area (Å²) in [6, 6.07) is 17.0. The summed E-state index contributed by atoms with van der Waals surface area (Å²) in [5.74, 6) is 1.57. The molecule has 0 aliphatic heterocycles. The lowest BCUT2D eigenvalue weighted by atomic mass is 10.2. The van der Waals surface area contributed by atoms with E-state index in [1.54, 1.807) is 12.1 Å². The third kappa shape index (κ3) is 2.52. The molecule has 0 aliphatic carbocycles. The fourth-order valence-corrected chi connectivity index (χ4v) is 1.89. The molecular formula is C13H8INO. The molecule has 0 saturated carbocycles. The van der Waals surface area contributed by atoms with Gasteiger partial charge in [0.2, 0.25) is 0 Å². The molecule has 0 fully saturated rings. The van der Waals surface area contributed by atoms with E-state index in [4.69, 9.17) is 10.00 Å². The molecule has 78 valence electrons. The molecule has 0 N–H and O–H groups in total. The molecular weight excluding hydrogens is 313 g/mol. The van der Waals surface area contributed by atoms with Crippen LogP contribution in [0.15, 0.2) is 48.5 Å². The van der Waals surface area contributed by atoms with Crippen LogP contribution in [0.5, 0.6) is 11.5 Å². The Labute approximate surface area is 108 Å². The number of nitriles is 1. The molecule has 2 nitrogen and oxygen atoms in total. The SMILES string of the molecule is N#Cc1ccc(Oc2ccccc2)c(I)c1. The fourth-order valence-electron chi connectivity index (χ4n) is 1.27. The van der Waals surface area contributed by atoms with Gasteiger partial charge >= 0.3 is 0 Å². The third-order valence-corrected chi connectivity index (χ3v) is 2.88. The van der Waals surface area contributed by atoms with Crippen molar-refractivity contribution in [2.75, 3.05) is 0 Å². The van der Waals surface area contributed by atoms with Crippen molar-refractivity contribution in [1.29, 1.82) is 5.26 Å². The Balaban J connectivity index is 2.27. The Bertz CT molecular complexity index is 531. The molecule has 0 amide bonds. The van der Waals surface area contributed by atoms with E-state index in [-0.39, 0.29) is 0 Å². The van der Waals surface area contributed by atoms with E-state index in [0.29, 0.717) is 5.56 Å². The molecule has 16 heavy (non-hydrogen) atoms. The number of rotatable bonds is 2. The normalized spacial score (nSPS) is 9.50. The van der Waals surface area contributed by atoms with Crippen molar-refractivity contribution >= 4 is 22.6 Å². The van der Waals surface area contributed by atoms with Crippen LogP contribution in [-0.4, -0.2) is 0 Å². The molecule has 0 aliphatic rings. The van der Waals surface area contributed by atoms with E-state index in [2.05, 4.69) is 28.7 Å². The Morgan fingerprint density at radius 1 is 1.06 bits per heavy atom. The summed E-state index contributed by atoms with van der Waals surface area (Å²) in [7, 11) is 0. The number of halogens is 1. The second-order valence-electron chi connectivity index (χ2n) is 3.17. The Kier molecular flexibility index (Phi) is 3.42. The van der Waals surface area contributed by atoms with E-state index in [9.17, 15) is 0 Å². The maximum atomic E-state index is 8.75. The van der Waals surface area contributed by atoms with Crippen LogP contribution < -0.4 is 4.74 Å². The van der Waals surface area contributed by atoms with Crippen molar-refractivity contribution in [1.82, 2.24) is 0 Å². The summed E-state index contributed by atoms with van der Waals surface area (Å²) >= 11 is 2.16. The number of benzene rings is 2. The van der Waals surface area contributed by atoms with Crippen molar-refractivity contribution in [3.8, 4) is 17.6 Å². The van der Waals surface area contributed by atoms with Crippen LogP contribution in [-0.2, 0) is 0 Å². The minimum Gasteiger partial charge on any atom is -0.456 e. The first-order valence-corrected chi connectivity index (χ1v) is 5.80. The summed E-state index contributed by atoms with van der Waals surface area (Å²) in [5.41, 5.74) is 0.643. The van der Waals surface area contributed by atoms with Gasteiger partial charge in [-0.05, 0) is 52.9 Å². The Morgan fingerprint density at radius 3 is 2.44 bits per heavy atom. The topological polar surface area (TPSA) is 33.0 Å². The van der Waals surface area contributed by atoms with Crippen LogP contribution in [0.4, 0.5) is 0 Å². The second-order valence-corrected chi connectivity index (χ2v) is 4.33. The first-order chi connectivity index (χ1) is 7.79. The first kappa shape index (κ1) is 11.0. The van der Waals surface area contributed by atoms with Gasteiger partial charge in [0, 0.05) is 0 Å². The lowest BCUT2D eigenvalue weighted by Crippen LogP contribution is -1.87. The highest BCUT2D eigenvalue weighted by atomic mass is 127. The summed E-state index contributed by atoms with van der Waals surface area (Å²) < 4.78 is 6.62. The van der Waals surface area contributed by atoms with Crippen molar-refractivity contribution in [3.05, 3.63) is 57.7 Å². The largest absolute Gasteiger partial charge is 0.456 e. The quantitative estimate of drug-likeness (QED) is 0.785. The molecule has 2 aromatic carbocycles. The van der Waals surface area contributed by atoms with Crippen LogP contribution in [0.25, 0.3) is 0 Å². The zero-order valence-corrected chi connectivity index (χ0v) is 10.5. The Morgan fingerprint density at radius 2 is 1.81 bits per heavy atom. The van der Waals surface area contributed by atoms with Crippen molar-refractivity contribution in [2.24, 2.45) is 0 Å². The summed E-state index contributed by atoms with van der Waals surface area (Å²) in [6.45, 7) is 0. The molecule has 0 atom stereocenters. The zero-order valence-electron chi connectivity index (χ0n) is 8.35. The second kappa shape index (κ2) is 4.99. The number of hydrogen-bond acceptors (Lipinski definition) is 2. The van der Waals surface area contributed by atoms with Gasteiger partial charge in [-0.25, -0.2) is 0 Å². The van der Waals surface area contributed by atoms with Crippen LogP contribution >= 0.6 is 22.6 Å². The van der Waals surface area contributed by atoms with E-state index in [1.807, 2.05) is 36.4 Å². The van der Waals surface area contributed by atoms with Gasteiger partial charge in [-0.15, -0.1) is 0 Å². The van der Waals surface area contributed by atoms with Gasteiger partial charge in [-0.1, -0.05) is 18.2 Å². The molecule has 0 bridgehead atoms. The lowest BCUT2D eigenvalue weighted by Gasteiger charge is -2.07. The molecule has 0 heterocycles. The van der Waals surface area contributed by atoms with Crippen LogP contribution in [0, 0.1) is 14.9 Å². The first-order valence-electron chi connectivity index (χ1n) is 4.72. The van der Waals surface area contributed by atoms with Gasteiger partial charge in [0.05, 0.1) is 15.2 Å². The van der Waals surface area contributed by atoms with E-state index < -0.39 is 0 Å². The van der Waals surface area contributed by atoms with Gasteiger partial charge < -0.3 is 4.74 Å². The number of nitrogens with zero attached hydrogens (tertiary/aromatic N) is 1. The average molecular weight is 321 g/mol. The minimum absolute atomic E-state index is 0.643. The van der Waals surface area contributed by atoms with Crippen molar-refractivity contribution < 1.29 is 4.74 Å². The van der Waals surface area contributed by atoms with Crippen molar-refractivity contribution in [3.63, 3.8) is 0 Å². The van der Waals surface area contributed by atoms with Crippen LogP contribution in [0.2, 0.25) is 0 Å². The van der Waals surface area contributed by atoms with E-state index in [0.717, 1.165) is 15.1 Å². The molecule has 0 spiro atoms. The van der Waals surface area contributed by atoms with Gasteiger partial charge in [0.1, 0.15) is 11.5 Å². The maximum absolute atomic E-state index is 8.75. The van der Waals surface area contributed by atoms with Gasteiger partial charge in [-0.2, -0.15) is 5.26 Å². The smallest absolute Gasteiger partial charge is 0.140 e. The highest BCUT2D eigenvalue weighted by molar-refractivity contribution is 14.1. The Hall–Kier alpha value is -1.54. The summed E-state index contributed by atoms with van der Waals surface area (Å²) in [5, 5.41) is 8.75. The molecule has 2 rings (SSSR count). The molecule has 2 aromatic rings. The summed E-state index contributed by atoms with van der Waals surface area (Å²) in [6.07, 6.45) is 0. The molecule has 0 radical (unpaired) electrons. The van der Waals surface area contributed by atoms with E-state index in [1.165, 1.54) is 0 Å². The van der Waals surface area contributed by atoms with Gasteiger partial charge in [0.25, 0.3) is 0 Å². The van der Waals surface area contributed by atoms with Crippen LogP contribution in [0.1, 0.15) is 5.56 Å². The highest BCUT2D eigenvalue weighted by Crippen LogP contribution is 2.27. The number of ether oxygens (including phenoxy) is 1. The predicted molar refractivity (Wildman–Crippen MR) is 70.4 cm³/mol. The van der Waals surface area contributed by atoms with Gasteiger partial charge in [0.15, 0.2) is 0 Å². The van der Waals surface area contributed by atoms with Crippen LogP contribution in [0.3, 0.4) is 0 Å². The molecule has 0 aromatic heterocycles. The molecule has 0 unspecified atom stereocenters. The van der Waals surface area contributed by atoms with Gasteiger partial charge in [-0.3, -0.25) is 0 Å².